The third kappa shape index (κ3) is 1.95. The number of ether oxygens (including phenoxy) is 1. The lowest BCUT2D eigenvalue weighted by Gasteiger charge is -2.06. The van der Waals surface area contributed by atoms with Crippen LogP contribution in [0.25, 0.3) is 0 Å². The summed E-state index contributed by atoms with van der Waals surface area (Å²) in [4.78, 5) is 4.12. The zero-order valence-electron chi connectivity index (χ0n) is 6.71. The molecule has 13 heavy (non-hydrogen) atoms. The van der Waals surface area contributed by atoms with E-state index in [4.69, 9.17) is 27.9 Å². The van der Waals surface area contributed by atoms with Gasteiger partial charge in [-0.05, 0) is 23.8 Å². The second-order valence-corrected chi connectivity index (χ2v) is 3.68. The van der Waals surface area contributed by atoms with Gasteiger partial charge in [0, 0.05) is 10.0 Å². The van der Waals surface area contributed by atoms with Gasteiger partial charge in [0.25, 0.3) is 0 Å². The van der Waals surface area contributed by atoms with Crippen molar-refractivity contribution in [2.24, 2.45) is 4.99 Å². The molecular weight excluding hydrogens is 209 g/mol. The molecule has 68 valence electrons. The maximum atomic E-state index is 5.85. The molecule has 1 unspecified atom stereocenters. The fourth-order valence-electron chi connectivity index (χ4n) is 1.24. The highest BCUT2D eigenvalue weighted by atomic mass is 35.5. The predicted octanol–water partition coefficient (Wildman–Crippen LogP) is 3.09. The first kappa shape index (κ1) is 8.85. The molecule has 1 heterocycles. The molecule has 0 fully saturated rings. The molecular formula is C9H7Cl2NO. The predicted molar refractivity (Wildman–Crippen MR) is 53.6 cm³/mol. The van der Waals surface area contributed by atoms with Crippen molar-refractivity contribution in [3.05, 3.63) is 33.8 Å². The molecule has 0 amide bonds. The topological polar surface area (TPSA) is 21.6 Å². The summed E-state index contributed by atoms with van der Waals surface area (Å²) in [6.07, 6.45) is 1.46. The molecule has 1 aliphatic rings. The summed E-state index contributed by atoms with van der Waals surface area (Å²) in [6, 6.07) is 5.44. The molecule has 1 aromatic rings. The molecule has 0 saturated carbocycles. The highest BCUT2D eigenvalue weighted by Gasteiger charge is 2.15. The Morgan fingerprint density at radius 1 is 1.23 bits per heavy atom. The lowest BCUT2D eigenvalue weighted by atomic mass is 10.1. The fourth-order valence-corrected chi connectivity index (χ4v) is 1.79. The van der Waals surface area contributed by atoms with Crippen LogP contribution < -0.4 is 0 Å². The van der Waals surface area contributed by atoms with E-state index in [-0.39, 0.29) is 6.04 Å². The second kappa shape index (κ2) is 3.56. The molecule has 0 bridgehead atoms. The van der Waals surface area contributed by atoms with Gasteiger partial charge in [-0.25, -0.2) is 4.99 Å². The Morgan fingerprint density at radius 2 is 1.92 bits per heavy atom. The zero-order chi connectivity index (χ0) is 9.26. The van der Waals surface area contributed by atoms with Crippen LogP contribution in [0.1, 0.15) is 11.6 Å². The first-order valence-electron chi connectivity index (χ1n) is 3.85. The summed E-state index contributed by atoms with van der Waals surface area (Å²) >= 11 is 11.7. The van der Waals surface area contributed by atoms with E-state index >= 15 is 0 Å². The number of rotatable bonds is 1. The van der Waals surface area contributed by atoms with Gasteiger partial charge in [-0.1, -0.05) is 23.2 Å². The van der Waals surface area contributed by atoms with Crippen LogP contribution in [0.3, 0.4) is 0 Å². The molecule has 0 spiro atoms. The SMILES string of the molecule is Clc1cc(Cl)cc(C2COC=N2)c1. The molecule has 0 saturated heterocycles. The molecule has 0 aromatic heterocycles. The van der Waals surface area contributed by atoms with Crippen molar-refractivity contribution in [1.82, 2.24) is 0 Å². The maximum Gasteiger partial charge on any atom is 0.170 e. The van der Waals surface area contributed by atoms with Crippen LogP contribution in [0, 0.1) is 0 Å². The highest BCUT2D eigenvalue weighted by Crippen LogP contribution is 2.27. The normalized spacial score (nSPS) is 20.3. The molecule has 0 N–H and O–H groups in total. The van der Waals surface area contributed by atoms with Gasteiger partial charge in [-0.3, -0.25) is 0 Å². The Hall–Kier alpha value is -0.730. The van der Waals surface area contributed by atoms with Gasteiger partial charge >= 0.3 is 0 Å². The van der Waals surface area contributed by atoms with E-state index in [9.17, 15) is 0 Å². The van der Waals surface area contributed by atoms with E-state index in [1.54, 1.807) is 6.07 Å². The van der Waals surface area contributed by atoms with Crippen molar-refractivity contribution in [2.45, 2.75) is 6.04 Å². The Kier molecular flexibility index (Phi) is 2.42. The monoisotopic (exact) mass is 215 g/mol. The van der Waals surface area contributed by atoms with E-state index < -0.39 is 0 Å². The van der Waals surface area contributed by atoms with Gasteiger partial charge in [-0.2, -0.15) is 0 Å². The summed E-state index contributed by atoms with van der Waals surface area (Å²) in [5.74, 6) is 0. The van der Waals surface area contributed by atoms with Crippen molar-refractivity contribution in [3.8, 4) is 0 Å². The van der Waals surface area contributed by atoms with E-state index in [0.717, 1.165) is 5.56 Å². The van der Waals surface area contributed by atoms with Crippen molar-refractivity contribution >= 4 is 29.6 Å². The summed E-state index contributed by atoms with van der Waals surface area (Å²) in [5, 5.41) is 1.26. The molecule has 1 aliphatic heterocycles. The molecule has 2 rings (SSSR count). The molecule has 0 radical (unpaired) electrons. The third-order valence-electron chi connectivity index (χ3n) is 1.84. The molecule has 0 aliphatic carbocycles. The smallest absolute Gasteiger partial charge is 0.170 e. The van der Waals surface area contributed by atoms with Gasteiger partial charge in [0.2, 0.25) is 0 Å². The van der Waals surface area contributed by atoms with Crippen LogP contribution in [0.15, 0.2) is 23.2 Å². The Labute approximate surface area is 86.1 Å². The highest BCUT2D eigenvalue weighted by molar-refractivity contribution is 6.34. The van der Waals surface area contributed by atoms with Crippen LogP contribution in [0.4, 0.5) is 0 Å². The van der Waals surface area contributed by atoms with Crippen molar-refractivity contribution in [3.63, 3.8) is 0 Å². The Morgan fingerprint density at radius 3 is 2.46 bits per heavy atom. The van der Waals surface area contributed by atoms with Gasteiger partial charge in [-0.15, -0.1) is 0 Å². The first-order chi connectivity index (χ1) is 6.25. The van der Waals surface area contributed by atoms with Crippen molar-refractivity contribution in [2.75, 3.05) is 6.61 Å². The van der Waals surface area contributed by atoms with Crippen molar-refractivity contribution in [1.29, 1.82) is 0 Å². The zero-order valence-corrected chi connectivity index (χ0v) is 8.22. The summed E-state index contributed by atoms with van der Waals surface area (Å²) in [6.45, 7) is 0.566. The number of nitrogens with zero attached hydrogens (tertiary/aromatic N) is 1. The third-order valence-corrected chi connectivity index (χ3v) is 2.28. The number of hydrogen-bond donors (Lipinski definition) is 0. The van der Waals surface area contributed by atoms with Gasteiger partial charge < -0.3 is 4.74 Å². The molecule has 4 heteroatoms. The fraction of sp³-hybridized carbons (Fsp3) is 0.222. The number of benzene rings is 1. The quantitative estimate of drug-likeness (QED) is 0.706. The van der Waals surface area contributed by atoms with E-state index in [1.807, 2.05) is 12.1 Å². The maximum absolute atomic E-state index is 5.85. The number of aliphatic imine (C=N–C) groups is 1. The standard InChI is InChI=1S/C9H7Cl2NO/c10-7-1-6(2-8(11)3-7)9-4-13-5-12-9/h1-3,5,9H,4H2. The summed E-state index contributed by atoms with van der Waals surface area (Å²) in [5.41, 5.74) is 0.992. The molecule has 2 nitrogen and oxygen atoms in total. The average Bonchev–Trinajstić information content (AvgIpc) is 2.53. The van der Waals surface area contributed by atoms with Crippen LogP contribution >= 0.6 is 23.2 Å². The number of halogens is 2. The van der Waals surface area contributed by atoms with Crippen LogP contribution in [-0.4, -0.2) is 13.0 Å². The molecule has 1 aromatic carbocycles. The van der Waals surface area contributed by atoms with Gasteiger partial charge in [0.1, 0.15) is 12.6 Å². The lowest BCUT2D eigenvalue weighted by Crippen LogP contribution is -1.97. The Balaban J connectivity index is 2.34. The van der Waals surface area contributed by atoms with Gasteiger partial charge in [0.15, 0.2) is 6.40 Å². The summed E-state index contributed by atoms with van der Waals surface area (Å²) in [7, 11) is 0. The first-order valence-corrected chi connectivity index (χ1v) is 4.60. The largest absolute Gasteiger partial charge is 0.481 e. The molecule has 1 atom stereocenters. The van der Waals surface area contributed by atoms with Crippen LogP contribution in [0.5, 0.6) is 0 Å². The van der Waals surface area contributed by atoms with Crippen LogP contribution in [-0.2, 0) is 4.74 Å². The minimum Gasteiger partial charge on any atom is -0.481 e. The van der Waals surface area contributed by atoms with E-state index in [1.165, 1.54) is 6.40 Å². The van der Waals surface area contributed by atoms with Gasteiger partial charge in [0.05, 0.1) is 0 Å². The Bertz CT molecular complexity index is 331. The van der Waals surface area contributed by atoms with E-state index in [2.05, 4.69) is 4.99 Å². The van der Waals surface area contributed by atoms with Crippen molar-refractivity contribution < 1.29 is 4.74 Å². The average molecular weight is 216 g/mol. The van der Waals surface area contributed by atoms with Crippen LogP contribution in [0.2, 0.25) is 10.0 Å². The lowest BCUT2D eigenvalue weighted by molar-refractivity contribution is 0.330. The van der Waals surface area contributed by atoms with E-state index in [0.29, 0.717) is 16.7 Å². The minimum atomic E-state index is 0.0381. The minimum absolute atomic E-state index is 0.0381. The number of hydrogen-bond acceptors (Lipinski definition) is 2. The summed E-state index contributed by atoms with van der Waals surface area (Å²) < 4.78 is 5.01. The second-order valence-electron chi connectivity index (χ2n) is 2.81.